The Hall–Kier alpha value is -1.89. The first kappa shape index (κ1) is 11.6. The van der Waals surface area contributed by atoms with Crippen LogP contribution in [0.25, 0.3) is 11.5 Å². The van der Waals surface area contributed by atoms with Crippen LogP contribution >= 0.6 is 11.8 Å². The van der Waals surface area contributed by atoms with Crippen molar-refractivity contribution in [2.24, 2.45) is 0 Å². The van der Waals surface area contributed by atoms with Gasteiger partial charge in [0.05, 0.1) is 17.0 Å². The van der Waals surface area contributed by atoms with Crippen molar-refractivity contribution in [2.45, 2.75) is 5.03 Å². The third kappa shape index (κ3) is 3.04. The van der Waals surface area contributed by atoms with Crippen molar-refractivity contribution in [3.05, 3.63) is 24.8 Å². The zero-order valence-corrected chi connectivity index (χ0v) is 9.99. The summed E-state index contributed by atoms with van der Waals surface area (Å²) >= 11 is 1.40. The molecule has 0 radical (unpaired) electrons. The number of H-pyrrole nitrogens is 1. The fourth-order valence-electron chi connectivity index (χ4n) is 1.15. The van der Waals surface area contributed by atoms with Gasteiger partial charge in [0, 0.05) is 13.2 Å². The number of amides is 1. The Kier molecular flexibility index (Phi) is 3.71. The lowest BCUT2D eigenvalue weighted by atomic mass is 10.4. The molecule has 2 aromatic heterocycles. The maximum absolute atomic E-state index is 11.1. The molecule has 0 atom stereocenters. The van der Waals surface area contributed by atoms with Crippen LogP contribution in [0.4, 0.5) is 0 Å². The fourth-order valence-corrected chi connectivity index (χ4v) is 1.88. The van der Waals surface area contributed by atoms with Crippen LogP contribution in [-0.2, 0) is 4.79 Å². The van der Waals surface area contributed by atoms with Gasteiger partial charge in [0.15, 0.2) is 5.82 Å². The van der Waals surface area contributed by atoms with Crippen molar-refractivity contribution < 1.29 is 4.79 Å². The molecule has 0 bridgehead atoms. The van der Waals surface area contributed by atoms with Gasteiger partial charge in [-0.05, 0) is 6.07 Å². The minimum atomic E-state index is -0.0202. The number of aromatic nitrogens is 4. The Bertz CT molecular complexity index is 498. The van der Waals surface area contributed by atoms with E-state index >= 15 is 0 Å². The normalized spacial score (nSPS) is 10.2. The summed E-state index contributed by atoms with van der Waals surface area (Å²) in [6.07, 6.45) is 4.81. The van der Waals surface area contributed by atoms with Crippen LogP contribution < -0.4 is 5.32 Å². The lowest BCUT2D eigenvalue weighted by Crippen LogP contribution is -2.19. The highest BCUT2D eigenvalue weighted by atomic mass is 32.2. The molecular formula is C10H11N5OS. The molecule has 88 valence electrons. The van der Waals surface area contributed by atoms with Crippen molar-refractivity contribution in [3.63, 3.8) is 0 Å². The lowest BCUT2D eigenvalue weighted by Gasteiger charge is -1.97. The summed E-state index contributed by atoms with van der Waals surface area (Å²) in [6.45, 7) is 0. The molecule has 0 aliphatic heterocycles. The van der Waals surface area contributed by atoms with Crippen LogP contribution in [-0.4, -0.2) is 38.6 Å². The van der Waals surface area contributed by atoms with Gasteiger partial charge < -0.3 is 10.3 Å². The lowest BCUT2D eigenvalue weighted by molar-refractivity contribution is -0.118. The van der Waals surface area contributed by atoms with Crippen LogP contribution in [0.3, 0.4) is 0 Å². The molecule has 0 saturated heterocycles. The van der Waals surface area contributed by atoms with Crippen molar-refractivity contribution in [1.82, 2.24) is 25.3 Å². The maximum atomic E-state index is 11.1. The van der Waals surface area contributed by atoms with E-state index in [4.69, 9.17) is 0 Å². The summed E-state index contributed by atoms with van der Waals surface area (Å²) in [4.78, 5) is 26.3. The van der Waals surface area contributed by atoms with Crippen LogP contribution in [0.1, 0.15) is 0 Å². The number of imidazole rings is 1. The summed E-state index contributed by atoms with van der Waals surface area (Å²) < 4.78 is 0. The smallest absolute Gasteiger partial charge is 0.230 e. The number of carbonyl (C=O) groups excluding carboxylic acids is 1. The average molecular weight is 249 g/mol. The van der Waals surface area contributed by atoms with Gasteiger partial charge in [0.2, 0.25) is 5.91 Å². The van der Waals surface area contributed by atoms with Crippen LogP contribution in [0, 0.1) is 0 Å². The standard InChI is InChI=1S/C10H11N5OS/c1-11-8(16)5-17-9-4-13-10(15-9)7-2-3-12-6-14-7/h2-4,6H,5H2,1H3,(H,11,16)(H,13,15). The largest absolute Gasteiger partial charge is 0.358 e. The van der Waals surface area contributed by atoms with Gasteiger partial charge in [0.1, 0.15) is 12.0 Å². The Morgan fingerprint density at radius 3 is 3.12 bits per heavy atom. The molecule has 0 spiro atoms. The topological polar surface area (TPSA) is 83.6 Å². The van der Waals surface area contributed by atoms with Crippen molar-refractivity contribution in [1.29, 1.82) is 0 Å². The predicted molar refractivity (Wildman–Crippen MR) is 64.4 cm³/mol. The van der Waals surface area contributed by atoms with E-state index < -0.39 is 0 Å². The third-order valence-corrected chi connectivity index (χ3v) is 2.94. The summed E-state index contributed by atoms with van der Waals surface area (Å²) in [5, 5.41) is 3.39. The molecule has 17 heavy (non-hydrogen) atoms. The van der Waals surface area contributed by atoms with Gasteiger partial charge in [0.25, 0.3) is 0 Å². The SMILES string of the molecule is CNC(=O)CSc1cnc(-c2ccncn2)[nH]1. The van der Waals surface area contributed by atoms with E-state index in [0.29, 0.717) is 11.6 Å². The Morgan fingerprint density at radius 1 is 1.53 bits per heavy atom. The van der Waals surface area contributed by atoms with E-state index in [1.165, 1.54) is 18.1 Å². The predicted octanol–water partition coefficient (Wildman–Crippen LogP) is 0.705. The van der Waals surface area contributed by atoms with E-state index in [9.17, 15) is 4.79 Å². The van der Waals surface area contributed by atoms with Crippen LogP contribution in [0.15, 0.2) is 29.8 Å². The van der Waals surface area contributed by atoms with Crippen molar-refractivity contribution >= 4 is 17.7 Å². The molecule has 2 aromatic rings. The minimum absolute atomic E-state index is 0.0202. The highest BCUT2D eigenvalue weighted by molar-refractivity contribution is 7.99. The van der Waals surface area contributed by atoms with Gasteiger partial charge in [-0.15, -0.1) is 0 Å². The Morgan fingerprint density at radius 2 is 2.41 bits per heavy atom. The highest BCUT2D eigenvalue weighted by Gasteiger charge is 2.06. The number of rotatable bonds is 4. The molecular weight excluding hydrogens is 238 g/mol. The van der Waals surface area contributed by atoms with Gasteiger partial charge in [-0.25, -0.2) is 15.0 Å². The summed E-state index contributed by atoms with van der Waals surface area (Å²) in [7, 11) is 1.61. The Balaban J connectivity index is 2.04. The molecule has 6 nitrogen and oxygen atoms in total. The molecule has 7 heteroatoms. The first-order valence-corrected chi connectivity index (χ1v) is 5.93. The molecule has 2 rings (SSSR count). The first-order chi connectivity index (χ1) is 8.29. The number of carbonyl (C=O) groups is 1. The van der Waals surface area contributed by atoms with E-state index in [1.54, 1.807) is 25.5 Å². The third-order valence-electron chi connectivity index (χ3n) is 2.01. The molecule has 0 fully saturated rings. The Labute approximate surface area is 102 Å². The number of hydrogen-bond acceptors (Lipinski definition) is 5. The summed E-state index contributed by atoms with van der Waals surface area (Å²) in [6, 6.07) is 1.77. The average Bonchev–Trinajstić information content (AvgIpc) is 2.86. The number of nitrogens with zero attached hydrogens (tertiary/aromatic N) is 3. The second-order valence-corrected chi connectivity index (χ2v) is 4.17. The minimum Gasteiger partial charge on any atom is -0.358 e. The number of hydrogen-bond donors (Lipinski definition) is 2. The molecule has 1 amide bonds. The number of nitrogens with one attached hydrogen (secondary N) is 2. The van der Waals surface area contributed by atoms with Crippen molar-refractivity contribution in [3.8, 4) is 11.5 Å². The summed E-state index contributed by atoms with van der Waals surface area (Å²) in [5.41, 5.74) is 0.729. The zero-order chi connectivity index (χ0) is 12.1. The van der Waals surface area contributed by atoms with E-state index in [-0.39, 0.29) is 5.91 Å². The molecule has 2 heterocycles. The number of aromatic amines is 1. The van der Waals surface area contributed by atoms with E-state index in [1.807, 2.05) is 0 Å². The molecule has 0 saturated carbocycles. The molecule has 2 N–H and O–H groups in total. The van der Waals surface area contributed by atoms with Gasteiger partial charge in [-0.3, -0.25) is 4.79 Å². The monoisotopic (exact) mass is 249 g/mol. The van der Waals surface area contributed by atoms with E-state index in [2.05, 4.69) is 25.3 Å². The molecule has 0 unspecified atom stereocenters. The molecule has 0 aliphatic rings. The maximum Gasteiger partial charge on any atom is 0.230 e. The van der Waals surface area contributed by atoms with Crippen LogP contribution in [0.5, 0.6) is 0 Å². The van der Waals surface area contributed by atoms with E-state index in [0.717, 1.165) is 10.7 Å². The van der Waals surface area contributed by atoms with Crippen LogP contribution in [0.2, 0.25) is 0 Å². The van der Waals surface area contributed by atoms with Gasteiger partial charge >= 0.3 is 0 Å². The first-order valence-electron chi connectivity index (χ1n) is 4.94. The van der Waals surface area contributed by atoms with Gasteiger partial charge in [-0.1, -0.05) is 11.8 Å². The highest BCUT2D eigenvalue weighted by Crippen LogP contribution is 2.19. The number of thioether (sulfide) groups is 1. The second kappa shape index (κ2) is 5.44. The summed E-state index contributed by atoms with van der Waals surface area (Å²) in [5.74, 6) is 1.02. The molecule has 0 aliphatic carbocycles. The van der Waals surface area contributed by atoms with Gasteiger partial charge in [-0.2, -0.15) is 0 Å². The fraction of sp³-hybridized carbons (Fsp3) is 0.200. The zero-order valence-electron chi connectivity index (χ0n) is 9.17. The second-order valence-electron chi connectivity index (χ2n) is 3.15. The van der Waals surface area contributed by atoms with Crippen molar-refractivity contribution in [2.75, 3.05) is 12.8 Å². The quantitative estimate of drug-likeness (QED) is 0.779. The molecule has 0 aromatic carbocycles.